The largest absolute Gasteiger partial charge is 0.255 e. The molecule has 0 amide bonds. The van der Waals surface area contributed by atoms with Crippen LogP contribution in [-0.4, -0.2) is 24.6 Å². The second-order valence-corrected chi connectivity index (χ2v) is 4.58. The first-order valence-corrected chi connectivity index (χ1v) is 6.43. The van der Waals surface area contributed by atoms with Gasteiger partial charge in [-0.3, -0.25) is 5.43 Å². The molecule has 1 heterocycles. The van der Waals surface area contributed by atoms with E-state index >= 15 is 0 Å². The number of hydrogen-bond donors (Lipinski definition) is 1. The summed E-state index contributed by atoms with van der Waals surface area (Å²) in [7, 11) is 0. The molecule has 2 nitrogen and oxygen atoms in total. The maximum absolute atomic E-state index is 3.48. The molecule has 0 saturated carbocycles. The Morgan fingerprint density at radius 2 is 1.88 bits per heavy atom. The van der Waals surface area contributed by atoms with Crippen molar-refractivity contribution in [1.29, 1.82) is 0 Å². The van der Waals surface area contributed by atoms with Crippen molar-refractivity contribution in [2.75, 3.05) is 19.6 Å². The highest BCUT2D eigenvalue weighted by Crippen LogP contribution is 2.26. The second-order valence-electron chi connectivity index (χ2n) is 4.58. The van der Waals surface area contributed by atoms with Crippen molar-refractivity contribution in [3.63, 3.8) is 0 Å². The van der Waals surface area contributed by atoms with Gasteiger partial charge in [-0.1, -0.05) is 37.3 Å². The van der Waals surface area contributed by atoms with E-state index in [2.05, 4.69) is 47.7 Å². The van der Waals surface area contributed by atoms with Gasteiger partial charge in [0, 0.05) is 19.6 Å². The number of benzene rings is 1. The summed E-state index contributed by atoms with van der Waals surface area (Å²) >= 11 is 0. The lowest BCUT2D eigenvalue weighted by molar-refractivity contribution is 0.144. The molecule has 0 aliphatic carbocycles. The molecule has 88 valence electrons. The fraction of sp³-hybridized carbons (Fsp3) is 0.571. The molecule has 1 aromatic carbocycles. The number of hydrogen-bond acceptors (Lipinski definition) is 2. The molecule has 16 heavy (non-hydrogen) atoms. The average molecular weight is 218 g/mol. The van der Waals surface area contributed by atoms with Gasteiger partial charge in [0.2, 0.25) is 0 Å². The van der Waals surface area contributed by atoms with Gasteiger partial charge in [-0.05, 0) is 30.7 Å². The average Bonchev–Trinajstić information content (AvgIpc) is 2.38. The van der Waals surface area contributed by atoms with Crippen LogP contribution < -0.4 is 5.43 Å². The summed E-state index contributed by atoms with van der Waals surface area (Å²) in [6.07, 6.45) is 3.76. The normalized spacial score (nSPS) is 18.8. The van der Waals surface area contributed by atoms with E-state index in [4.69, 9.17) is 0 Å². The SMILES string of the molecule is CCCNN1CCC(c2ccccc2)CC1. The van der Waals surface area contributed by atoms with Crippen LogP contribution in [0.4, 0.5) is 0 Å². The summed E-state index contributed by atoms with van der Waals surface area (Å²) in [6.45, 7) is 5.68. The van der Waals surface area contributed by atoms with Gasteiger partial charge in [-0.15, -0.1) is 0 Å². The van der Waals surface area contributed by atoms with Crippen LogP contribution in [-0.2, 0) is 0 Å². The fourth-order valence-corrected chi connectivity index (χ4v) is 2.37. The molecule has 1 fully saturated rings. The van der Waals surface area contributed by atoms with Crippen LogP contribution in [0.15, 0.2) is 30.3 Å². The van der Waals surface area contributed by atoms with Crippen molar-refractivity contribution in [3.05, 3.63) is 35.9 Å². The van der Waals surface area contributed by atoms with E-state index in [0.29, 0.717) is 0 Å². The fourth-order valence-electron chi connectivity index (χ4n) is 2.37. The number of rotatable bonds is 4. The number of nitrogens with zero attached hydrogens (tertiary/aromatic N) is 1. The maximum atomic E-state index is 3.48. The molecule has 0 bridgehead atoms. The van der Waals surface area contributed by atoms with Crippen LogP contribution in [0.3, 0.4) is 0 Å². The van der Waals surface area contributed by atoms with Gasteiger partial charge >= 0.3 is 0 Å². The number of nitrogens with one attached hydrogen (secondary N) is 1. The second kappa shape index (κ2) is 6.02. The summed E-state index contributed by atoms with van der Waals surface area (Å²) in [4.78, 5) is 0. The van der Waals surface area contributed by atoms with Crippen molar-refractivity contribution >= 4 is 0 Å². The summed E-state index contributed by atoms with van der Waals surface area (Å²) in [5.74, 6) is 0.765. The van der Waals surface area contributed by atoms with E-state index in [1.165, 1.54) is 37.9 Å². The first kappa shape index (κ1) is 11.6. The lowest BCUT2D eigenvalue weighted by Gasteiger charge is -2.32. The number of piperidine rings is 1. The highest BCUT2D eigenvalue weighted by atomic mass is 15.5. The quantitative estimate of drug-likeness (QED) is 0.836. The summed E-state index contributed by atoms with van der Waals surface area (Å²) < 4.78 is 0. The Morgan fingerprint density at radius 3 is 2.50 bits per heavy atom. The van der Waals surface area contributed by atoms with Crippen LogP contribution in [0.1, 0.15) is 37.7 Å². The number of hydrazine groups is 1. The van der Waals surface area contributed by atoms with Crippen LogP contribution in [0.5, 0.6) is 0 Å². The summed E-state index contributed by atoms with van der Waals surface area (Å²) in [5, 5.41) is 2.38. The molecular formula is C14H22N2. The van der Waals surface area contributed by atoms with E-state index in [-0.39, 0.29) is 0 Å². The Labute approximate surface area is 98.6 Å². The van der Waals surface area contributed by atoms with Gasteiger partial charge < -0.3 is 0 Å². The third-order valence-electron chi connectivity index (χ3n) is 3.35. The molecule has 1 saturated heterocycles. The molecule has 0 radical (unpaired) electrons. The predicted octanol–water partition coefficient (Wildman–Crippen LogP) is 2.78. The topological polar surface area (TPSA) is 15.3 Å². The molecule has 0 spiro atoms. The van der Waals surface area contributed by atoms with Crippen molar-refractivity contribution < 1.29 is 0 Å². The molecule has 2 rings (SSSR count). The zero-order valence-electron chi connectivity index (χ0n) is 10.2. The Kier molecular flexibility index (Phi) is 4.37. The van der Waals surface area contributed by atoms with E-state index < -0.39 is 0 Å². The Bertz CT molecular complexity index is 289. The van der Waals surface area contributed by atoms with Crippen LogP contribution >= 0.6 is 0 Å². The molecule has 0 unspecified atom stereocenters. The zero-order chi connectivity index (χ0) is 11.2. The van der Waals surface area contributed by atoms with Crippen molar-refractivity contribution in [2.45, 2.75) is 32.1 Å². The summed E-state index contributed by atoms with van der Waals surface area (Å²) in [5.41, 5.74) is 4.99. The minimum absolute atomic E-state index is 0.765. The Morgan fingerprint density at radius 1 is 1.19 bits per heavy atom. The maximum Gasteiger partial charge on any atom is 0.0136 e. The van der Waals surface area contributed by atoms with E-state index in [1.807, 2.05) is 0 Å². The Hall–Kier alpha value is -0.860. The predicted molar refractivity (Wildman–Crippen MR) is 68.3 cm³/mol. The van der Waals surface area contributed by atoms with Crippen molar-refractivity contribution in [3.8, 4) is 0 Å². The first-order chi connectivity index (χ1) is 7.90. The van der Waals surface area contributed by atoms with E-state index in [0.717, 1.165) is 12.5 Å². The van der Waals surface area contributed by atoms with Crippen LogP contribution in [0.25, 0.3) is 0 Å². The summed E-state index contributed by atoms with van der Waals surface area (Å²) in [6, 6.07) is 10.9. The highest BCUT2D eigenvalue weighted by molar-refractivity contribution is 5.19. The highest BCUT2D eigenvalue weighted by Gasteiger charge is 2.19. The molecule has 1 aliphatic rings. The smallest absolute Gasteiger partial charge is 0.0136 e. The minimum atomic E-state index is 0.765. The van der Waals surface area contributed by atoms with Gasteiger partial charge in [0.1, 0.15) is 0 Å². The van der Waals surface area contributed by atoms with E-state index in [1.54, 1.807) is 0 Å². The van der Waals surface area contributed by atoms with Gasteiger partial charge in [0.25, 0.3) is 0 Å². The Balaban J connectivity index is 1.81. The third-order valence-corrected chi connectivity index (χ3v) is 3.35. The lowest BCUT2D eigenvalue weighted by atomic mass is 9.90. The molecule has 2 heteroatoms. The lowest BCUT2D eigenvalue weighted by Crippen LogP contribution is -2.43. The minimum Gasteiger partial charge on any atom is -0.255 e. The third kappa shape index (κ3) is 3.06. The standard InChI is InChI=1S/C14H22N2/c1-2-10-15-16-11-8-14(9-12-16)13-6-4-3-5-7-13/h3-7,14-15H,2,8-12H2,1H3. The van der Waals surface area contributed by atoms with Gasteiger partial charge in [-0.25, -0.2) is 5.01 Å². The van der Waals surface area contributed by atoms with Crippen molar-refractivity contribution in [1.82, 2.24) is 10.4 Å². The monoisotopic (exact) mass is 218 g/mol. The molecule has 0 atom stereocenters. The van der Waals surface area contributed by atoms with E-state index in [9.17, 15) is 0 Å². The molecule has 1 aliphatic heterocycles. The molecule has 1 aromatic rings. The van der Waals surface area contributed by atoms with Crippen molar-refractivity contribution in [2.24, 2.45) is 0 Å². The zero-order valence-corrected chi connectivity index (χ0v) is 10.2. The van der Waals surface area contributed by atoms with Gasteiger partial charge in [0.15, 0.2) is 0 Å². The molecule has 0 aromatic heterocycles. The van der Waals surface area contributed by atoms with Gasteiger partial charge in [-0.2, -0.15) is 0 Å². The van der Waals surface area contributed by atoms with Crippen LogP contribution in [0, 0.1) is 0 Å². The molecular weight excluding hydrogens is 196 g/mol. The van der Waals surface area contributed by atoms with Gasteiger partial charge in [0.05, 0.1) is 0 Å². The molecule has 1 N–H and O–H groups in total. The van der Waals surface area contributed by atoms with Crippen LogP contribution in [0.2, 0.25) is 0 Å². The first-order valence-electron chi connectivity index (χ1n) is 6.43.